The summed E-state index contributed by atoms with van der Waals surface area (Å²) in [6.45, 7) is 0. The molecule has 0 aliphatic carbocycles. The highest BCUT2D eigenvalue weighted by Gasteiger charge is 2.07. The van der Waals surface area contributed by atoms with Crippen LogP contribution in [0.15, 0.2) is 18.3 Å². The lowest BCUT2D eigenvalue weighted by molar-refractivity contribution is 0.160. The number of rotatable bonds is 4. The fourth-order valence-electron chi connectivity index (χ4n) is 1.13. The van der Waals surface area contributed by atoms with E-state index in [4.69, 9.17) is 18.0 Å². The standard InChI is InChI=1S/C11H12ClNO/c1-2-3-4-5-11(14)10-7-6-9(12)8-13-10/h1,6-8,11,14H,3-5H2. The molecule has 74 valence electrons. The largest absolute Gasteiger partial charge is 0.387 e. The number of hydrogen-bond donors (Lipinski definition) is 1. The molecule has 1 aromatic heterocycles. The van der Waals surface area contributed by atoms with Gasteiger partial charge < -0.3 is 5.11 Å². The number of terminal acetylenes is 1. The van der Waals surface area contributed by atoms with Gasteiger partial charge in [0, 0.05) is 12.6 Å². The van der Waals surface area contributed by atoms with E-state index in [0.29, 0.717) is 23.6 Å². The second-order valence-corrected chi connectivity index (χ2v) is 3.45. The Morgan fingerprint density at radius 1 is 1.57 bits per heavy atom. The molecule has 1 rings (SSSR count). The van der Waals surface area contributed by atoms with Crippen molar-refractivity contribution in [1.82, 2.24) is 4.98 Å². The number of halogens is 1. The fraction of sp³-hybridized carbons (Fsp3) is 0.364. The summed E-state index contributed by atoms with van der Waals surface area (Å²) in [7, 11) is 0. The summed E-state index contributed by atoms with van der Waals surface area (Å²) in [4.78, 5) is 4.02. The van der Waals surface area contributed by atoms with Gasteiger partial charge in [0.05, 0.1) is 16.8 Å². The van der Waals surface area contributed by atoms with Gasteiger partial charge in [0.1, 0.15) is 0 Å². The maximum atomic E-state index is 9.66. The summed E-state index contributed by atoms with van der Waals surface area (Å²) in [5.41, 5.74) is 0.645. The molecular formula is C11H12ClNO. The van der Waals surface area contributed by atoms with E-state index in [9.17, 15) is 5.11 Å². The Bertz CT molecular complexity index is 315. The fourth-order valence-corrected chi connectivity index (χ4v) is 1.24. The molecule has 1 unspecified atom stereocenters. The van der Waals surface area contributed by atoms with Gasteiger partial charge in [-0.05, 0) is 25.0 Å². The number of pyridine rings is 1. The smallest absolute Gasteiger partial charge is 0.0960 e. The van der Waals surface area contributed by atoms with E-state index in [1.54, 1.807) is 12.1 Å². The second-order valence-electron chi connectivity index (χ2n) is 3.01. The van der Waals surface area contributed by atoms with Gasteiger partial charge in [-0.15, -0.1) is 12.3 Å². The van der Waals surface area contributed by atoms with Crippen LogP contribution in [0.3, 0.4) is 0 Å². The summed E-state index contributed by atoms with van der Waals surface area (Å²) in [5.74, 6) is 2.53. The first-order valence-corrected chi connectivity index (χ1v) is 4.85. The van der Waals surface area contributed by atoms with E-state index in [0.717, 1.165) is 6.42 Å². The van der Waals surface area contributed by atoms with Crippen LogP contribution in [0, 0.1) is 12.3 Å². The van der Waals surface area contributed by atoms with Gasteiger partial charge in [-0.25, -0.2) is 0 Å². The summed E-state index contributed by atoms with van der Waals surface area (Å²) in [5, 5.41) is 10.2. The number of aliphatic hydroxyl groups excluding tert-OH is 1. The first-order chi connectivity index (χ1) is 6.74. The maximum absolute atomic E-state index is 9.66. The lowest BCUT2D eigenvalue weighted by atomic mass is 10.1. The minimum Gasteiger partial charge on any atom is -0.387 e. The van der Waals surface area contributed by atoms with Crippen molar-refractivity contribution in [1.29, 1.82) is 0 Å². The van der Waals surface area contributed by atoms with Crippen molar-refractivity contribution < 1.29 is 5.11 Å². The zero-order chi connectivity index (χ0) is 10.4. The average molecular weight is 210 g/mol. The molecule has 3 heteroatoms. The molecule has 0 radical (unpaired) electrons. The minimum absolute atomic E-state index is 0.541. The third-order valence-corrected chi connectivity index (χ3v) is 2.11. The van der Waals surface area contributed by atoms with Crippen LogP contribution in [0.5, 0.6) is 0 Å². The first kappa shape index (κ1) is 11.0. The minimum atomic E-state index is -0.541. The Balaban J connectivity index is 2.48. The van der Waals surface area contributed by atoms with Crippen LogP contribution in [0.25, 0.3) is 0 Å². The number of unbranched alkanes of at least 4 members (excludes halogenated alkanes) is 1. The molecule has 0 aromatic carbocycles. The van der Waals surface area contributed by atoms with Crippen LogP contribution in [0.1, 0.15) is 31.1 Å². The second kappa shape index (κ2) is 5.64. The monoisotopic (exact) mass is 209 g/mol. The summed E-state index contributed by atoms with van der Waals surface area (Å²) in [6.07, 6.45) is 8.23. The van der Waals surface area contributed by atoms with Gasteiger partial charge in [-0.3, -0.25) is 4.98 Å². The quantitative estimate of drug-likeness (QED) is 0.611. The summed E-state index contributed by atoms with van der Waals surface area (Å²) >= 11 is 5.67. The molecule has 2 nitrogen and oxygen atoms in total. The van der Waals surface area contributed by atoms with Crippen molar-refractivity contribution in [3.05, 3.63) is 29.0 Å². The molecule has 1 atom stereocenters. The Hall–Kier alpha value is -1.04. The van der Waals surface area contributed by atoms with Crippen molar-refractivity contribution in [2.75, 3.05) is 0 Å². The summed E-state index contributed by atoms with van der Waals surface area (Å²) in [6, 6.07) is 3.44. The van der Waals surface area contributed by atoms with Crippen LogP contribution < -0.4 is 0 Å². The highest BCUT2D eigenvalue weighted by atomic mass is 35.5. The van der Waals surface area contributed by atoms with E-state index < -0.39 is 6.10 Å². The number of aliphatic hydroxyl groups is 1. The molecule has 0 amide bonds. The van der Waals surface area contributed by atoms with E-state index >= 15 is 0 Å². The Kier molecular flexibility index (Phi) is 4.45. The van der Waals surface area contributed by atoms with Gasteiger partial charge in [-0.1, -0.05) is 11.6 Å². The zero-order valence-electron chi connectivity index (χ0n) is 7.78. The highest BCUT2D eigenvalue weighted by Crippen LogP contribution is 2.18. The molecule has 1 N–H and O–H groups in total. The normalized spacial score (nSPS) is 12.1. The van der Waals surface area contributed by atoms with Crippen molar-refractivity contribution in [2.45, 2.75) is 25.4 Å². The SMILES string of the molecule is C#CCCCC(O)c1ccc(Cl)cn1. The van der Waals surface area contributed by atoms with Crippen LogP contribution in [-0.2, 0) is 0 Å². The third kappa shape index (κ3) is 3.37. The highest BCUT2D eigenvalue weighted by molar-refractivity contribution is 6.30. The van der Waals surface area contributed by atoms with E-state index in [-0.39, 0.29) is 0 Å². The maximum Gasteiger partial charge on any atom is 0.0960 e. The van der Waals surface area contributed by atoms with Gasteiger partial charge in [0.25, 0.3) is 0 Å². The molecule has 14 heavy (non-hydrogen) atoms. The molecule has 0 spiro atoms. The molecule has 0 aliphatic rings. The van der Waals surface area contributed by atoms with E-state index in [1.165, 1.54) is 6.20 Å². The van der Waals surface area contributed by atoms with Gasteiger partial charge in [0.2, 0.25) is 0 Å². The van der Waals surface area contributed by atoms with Gasteiger partial charge in [0.15, 0.2) is 0 Å². The third-order valence-electron chi connectivity index (χ3n) is 1.89. The predicted octanol–water partition coefficient (Wildman–Crippen LogP) is 2.57. The van der Waals surface area contributed by atoms with Crippen LogP contribution in [-0.4, -0.2) is 10.1 Å². The Morgan fingerprint density at radius 2 is 2.36 bits per heavy atom. The molecule has 1 heterocycles. The topological polar surface area (TPSA) is 33.1 Å². The molecule has 0 saturated heterocycles. The zero-order valence-corrected chi connectivity index (χ0v) is 8.54. The van der Waals surface area contributed by atoms with E-state index in [1.807, 2.05) is 0 Å². The van der Waals surface area contributed by atoms with Crippen molar-refractivity contribution >= 4 is 11.6 Å². The average Bonchev–Trinajstić information content (AvgIpc) is 2.19. The van der Waals surface area contributed by atoms with Crippen molar-refractivity contribution in [3.8, 4) is 12.3 Å². The van der Waals surface area contributed by atoms with Crippen LogP contribution in [0.2, 0.25) is 5.02 Å². The number of aromatic nitrogens is 1. The van der Waals surface area contributed by atoms with Crippen LogP contribution >= 0.6 is 11.6 Å². The number of hydrogen-bond acceptors (Lipinski definition) is 2. The first-order valence-electron chi connectivity index (χ1n) is 4.47. The Morgan fingerprint density at radius 3 is 2.93 bits per heavy atom. The molecule has 0 fully saturated rings. The number of nitrogens with zero attached hydrogens (tertiary/aromatic N) is 1. The Labute approximate surface area is 88.9 Å². The lowest BCUT2D eigenvalue weighted by Crippen LogP contribution is -1.99. The molecule has 1 aromatic rings. The van der Waals surface area contributed by atoms with Crippen molar-refractivity contribution in [3.63, 3.8) is 0 Å². The van der Waals surface area contributed by atoms with Gasteiger partial charge >= 0.3 is 0 Å². The lowest BCUT2D eigenvalue weighted by Gasteiger charge is -2.08. The molecular weight excluding hydrogens is 198 g/mol. The van der Waals surface area contributed by atoms with Gasteiger partial charge in [-0.2, -0.15) is 0 Å². The molecule has 0 bridgehead atoms. The predicted molar refractivity (Wildman–Crippen MR) is 56.9 cm³/mol. The summed E-state index contributed by atoms with van der Waals surface area (Å²) < 4.78 is 0. The van der Waals surface area contributed by atoms with Crippen molar-refractivity contribution in [2.24, 2.45) is 0 Å². The van der Waals surface area contributed by atoms with E-state index in [2.05, 4.69) is 10.9 Å². The molecule has 0 aliphatic heterocycles. The molecule has 0 saturated carbocycles. The van der Waals surface area contributed by atoms with Crippen LogP contribution in [0.4, 0.5) is 0 Å².